The Morgan fingerprint density at radius 3 is 2.61 bits per heavy atom. The first-order valence-corrected chi connectivity index (χ1v) is 7.17. The molecule has 1 aliphatic rings. The van der Waals surface area contributed by atoms with Crippen molar-refractivity contribution in [1.29, 1.82) is 0 Å². The minimum Gasteiger partial charge on any atom is -0.468 e. The first-order valence-electron chi connectivity index (χ1n) is 7.17. The molecule has 2 rings (SSSR count). The number of rotatable bonds is 4. The highest BCUT2D eigenvalue weighted by Gasteiger charge is 2.53. The fourth-order valence-electron chi connectivity index (χ4n) is 2.86. The molecular weight excluding hydrogens is 300 g/mol. The minimum atomic E-state index is -1.46. The number of hydrogen-bond donors (Lipinski definition) is 0. The lowest BCUT2D eigenvalue weighted by molar-refractivity contribution is -0.161. The summed E-state index contributed by atoms with van der Waals surface area (Å²) in [5.74, 6) is -4.71. The zero-order valence-corrected chi connectivity index (χ0v) is 13.2. The number of furan rings is 1. The van der Waals surface area contributed by atoms with Crippen LogP contribution < -0.4 is 0 Å². The van der Waals surface area contributed by atoms with E-state index >= 15 is 0 Å². The molecule has 1 fully saturated rings. The summed E-state index contributed by atoms with van der Waals surface area (Å²) in [5.41, 5.74) is -0.872. The summed E-state index contributed by atoms with van der Waals surface area (Å²) < 4.78 is 9.71. The van der Waals surface area contributed by atoms with Gasteiger partial charge in [0.2, 0.25) is 0 Å². The molecule has 1 aromatic rings. The number of ketones is 3. The van der Waals surface area contributed by atoms with Gasteiger partial charge in [-0.2, -0.15) is 0 Å². The van der Waals surface area contributed by atoms with Crippen LogP contribution >= 0.6 is 0 Å². The molecule has 0 aliphatic heterocycles. The second-order valence-corrected chi connectivity index (χ2v) is 6.17. The first kappa shape index (κ1) is 16.9. The minimum absolute atomic E-state index is 0.0382. The third kappa shape index (κ3) is 3.31. The van der Waals surface area contributed by atoms with Crippen LogP contribution in [-0.4, -0.2) is 30.4 Å². The molecule has 122 valence electrons. The van der Waals surface area contributed by atoms with Gasteiger partial charge in [0, 0.05) is 6.42 Å². The van der Waals surface area contributed by atoms with Crippen LogP contribution in [0, 0.1) is 17.3 Å². The zero-order chi connectivity index (χ0) is 17.2. The van der Waals surface area contributed by atoms with E-state index in [4.69, 9.17) is 4.42 Å². The van der Waals surface area contributed by atoms with E-state index in [-0.39, 0.29) is 6.42 Å². The highest BCUT2D eigenvalue weighted by Crippen LogP contribution is 2.40. The van der Waals surface area contributed by atoms with Crippen molar-refractivity contribution in [3.05, 3.63) is 30.2 Å². The topological polar surface area (TPSA) is 90.7 Å². The molecule has 2 atom stereocenters. The van der Waals surface area contributed by atoms with Gasteiger partial charge in [-0.25, -0.2) is 0 Å². The van der Waals surface area contributed by atoms with Gasteiger partial charge in [0.1, 0.15) is 17.6 Å². The Bertz CT molecular complexity index is 665. The van der Waals surface area contributed by atoms with Gasteiger partial charge in [-0.3, -0.25) is 19.2 Å². The predicted octanol–water partition coefficient (Wildman–Crippen LogP) is 1.84. The smallest absolute Gasteiger partial charge is 0.316 e. The van der Waals surface area contributed by atoms with E-state index < -0.39 is 40.6 Å². The molecule has 0 spiro atoms. The van der Waals surface area contributed by atoms with Crippen molar-refractivity contribution in [1.82, 2.24) is 0 Å². The van der Waals surface area contributed by atoms with Crippen LogP contribution in [0.2, 0.25) is 0 Å². The number of carbonyl (C=O) groups excluding carboxylic acids is 4. The van der Waals surface area contributed by atoms with Crippen LogP contribution in [0.5, 0.6) is 0 Å². The van der Waals surface area contributed by atoms with Crippen LogP contribution in [0.25, 0.3) is 6.08 Å². The van der Waals surface area contributed by atoms with Crippen molar-refractivity contribution in [3.63, 3.8) is 0 Å². The van der Waals surface area contributed by atoms with Crippen molar-refractivity contribution in [3.8, 4) is 0 Å². The molecule has 1 aromatic heterocycles. The van der Waals surface area contributed by atoms with Crippen molar-refractivity contribution in [2.24, 2.45) is 17.3 Å². The Labute approximate surface area is 133 Å². The van der Waals surface area contributed by atoms with E-state index in [0.717, 1.165) is 6.08 Å². The van der Waals surface area contributed by atoms with Crippen molar-refractivity contribution in [2.45, 2.75) is 20.3 Å². The fraction of sp³-hybridized carbons (Fsp3) is 0.412. The molecule has 6 heteroatoms. The summed E-state index contributed by atoms with van der Waals surface area (Å²) >= 11 is 0. The third-order valence-corrected chi connectivity index (χ3v) is 3.98. The first-order chi connectivity index (χ1) is 10.8. The van der Waals surface area contributed by atoms with Gasteiger partial charge >= 0.3 is 5.97 Å². The molecule has 2 unspecified atom stereocenters. The Morgan fingerprint density at radius 1 is 1.35 bits per heavy atom. The van der Waals surface area contributed by atoms with Crippen molar-refractivity contribution < 1.29 is 28.3 Å². The normalized spacial score (nSPS) is 24.0. The second kappa shape index (κ2) is 6.32. The van der Waals surface area contributed by atoms with Crippen molar-refractivity contribution in [2.75, 3.05) is 7.11 Å². The van der Waals surface area contributed by atoms with Gasteiger partial charge in [0.25, 0.3) is 0 Å². The molecule has 23 heavy (non-hydrogen) atoms. The molecule has 6 nitrogen and oxygen atoms in total. The van der Waals surface area contributed by atoms with Crippen LogP contribution in [0.15, 0.2) is 28.9 Å². The van der Waals surface area contributed by atoms with Crippen LogP contribution in [0.4, 0.5) is 0 Å². The highest BCUT2D eigenvalue weighted by molar-refractivity contribution is 6.27. The summed E-state index contributed by atoms with van der Waals surface area (Å²) in [6, 6.07) is 3.28. The highest BCUT2D eigenvalue weighted by atomic mass is 16.5. The van der Waals surface area contributed by atoms with Crippen molar-refractivity contribution >= 4 is 29.4 Å². The fourth-order valence-corrected chi connectivity index (χ4v) is 2.86. The van der Waals surface area contributed by atoms with Gasteiger partial charge in [-0.1, -0.05) is 13.8 Å². The molecule has 1 aliphatic carbocycles. The van der Waals surface area contributed by atoms with E-state index in [1.54, 1.807) is 26.0 Å². The Balaban J connectivity index is 2.27. The third-order valence-electron chi connectivity index (χ3n) is 3.98. The molecule has 0 amide bonds. The van der Waals surface area contributed by atoms with Gasteiger partial charge in [-0.05, 0) is 29.7 Å². The van der Waals surface area contributed by atoms with Crippen LogP contribution in [-0.2, 0) is 23.9 Å². The molecule has 0 aromatic carbocycles. The zero-order valence-electron chi connectivity index (χ0n) is 13.2. The lowest BCUT2D eigenvalue weighted by atomic mass is 9.63. The Kier molecular flexibility index (Phi) is 4.63. The maximum absolute atomic E-state index is 12.6. The molecule has 0 radical (unpaired) electrons. The average molecular weight is 318 g/mol. The number of esters is 1. The van der Waals surface area contributed by atoms with E-state index in [9.17, 15) is 19.2 Å². The summed E-state index contributed by atoms with van der Waals surface area (Å²) in [6.07, 6.45) is 3.92. The lowest BCUT2D eigenvalue weighted by Gasteiger charge is -2.37. The SMILES string of the molecule is COC(=O)C1C(=O)C(C(=O)/C=C/c2ccco2)C(=O)CC1(C)C. The second-order valence-electron chi connectivity index (χ2n) is 6.17. The predicted molar refractivity (Wildman–Crippen MR) is 80.2 cm³/mol. The summed E-state index contributed by atoms with van der Waals surface area (Å²) in [5, 5.41) is 0. The van der Waals surface area contributed by atoms with Crippen LogP contribution in [0.3, 0.4) is 0 Å². The number of ether oxygens (including phenoxy) is 1. The lowest BCUT2D eigenvalue weighted by Crippen LogP contribution is -2.51. The number of allylic oxidation sites excluding steroid dienone is 1. The monoisotopic (exact) mass is 318 g/mol. The summed E-state index contributed by atoms with van der Waals surface area (Å²) in [7, 11) is 1.18. The van der Waals surface area contributed by atoms with E-state index in [1.807, 2.05) is 0 Å². The Morgan fingerprint density at radius 2 is 2.04 bits per heavy atom. The Hall–Kier alpha value is -2.50. The summed E-state index contributed by atoms with van der Waals surface area (Å²) in [6.45, 7) is 3.29. The van der Waals surface area contributed by atoms with Gasteiger partial charge < -0.3 is 9.15 Å². The quantitative estimate of drug-likeness (QED) is 0.478. The van der Waals surface area contributed by atoms with Gasteiger partial charge in [0.05, 0.1) is 13.4 Å². The molecule has 1 heterocycles. The molecule has 0 N–H and O–H groups in total. The molecule has 0 saturated heterocycles. The number of Topliss-reactive ketones (excluding diaryl/α,β-unsaturated/α-hetero) is 2. The van der Waals surface area contributed by atoms with E-state index in [2.05, 4.69) is 4.74 Å². The average Bonchev–Trinajstić information content (AvgIpc) is 2.96. The number of carbonyl (C=O) groups is 4. The van der Waals surface area contributed by atoms with Gasteiger partial charge in [-0.15, -0.1) is 0 Å². The number of methoxy groups -OCH3 is 1. The summed E-state index contributed by atoms with van der Waals surface area (Å²) in [4.78, 5) is 49.0. The standard InChI is InChI=1S/C17H18O6/c1-17(2)9-12(19)13(15(20)14(17)16(21)22-3)11(18)7-6-10-5-4-8-23-10/h4-8,13-14H,9H2,1-3H3/b7-6+. The molecule has 0 bridgehead atoms. The van der Waals surface area contributed by atoms with Gasteiger partial charge in [0.15, 0.2) is 17.3 Å². The molecule has 1 saturated carbocycles. The molecular formula is C17H18O6. The maximum atomic E-state index is 12.6. The number of hydrogen-bond acceptors (Lipinski definition) is 6. The maximum Gasteiger partial charge on any atom is 0.316 e. The van der Waals surface area contributed by atoms with E-state index in [0.29, 0.717) is 5.76 Å². The largest absolute Gasteiger partial charge is 0.468 e. The van der Waals surface area contributed by atoms with E-state index in [1.165, 1.54) is 19.4 Å². The van der Waals surface area contributed by atoms with Crippen LogP contribution in [0.1, 0.15) is 26.0 Å².